The van der Waals surface area contributed by atoms with Gasteiger partial charge in [0.2, 0.25) is 0 Å². The molecule has 0 N–H and O–H groups in total. The van der Waals surface area contributed by atoms with E-state index in [1.54, 1.807) is 0 Å². The number of sulfonamides is 1. The molecule has 0 amide bonds. The molecule has 2 aromatic rings. The normalized spacial score (nSPS) is 12.0. The quantitative estimate of drug-likeness (QED) is 0.577. The van der Waals surface area contributed by atoms with E-state index in [-0.39, 0.29) is 5.02 Å². The van der Waals surface area contributed by atoms with Gasteiger partial charge in [-0.25, -0.2) is 8.42 Å². The number of para-hydroxylation sites is 1. The Labute approximate surface area is 145 Å². The number of nitrogens with zero attached hydrogens (tertiary/aromatic N) is 2. The first-order valence-electron chi connectivity index (χ1n) is 6.55. The molecule has 2 aromatic carbocycles. The Balaban J connectivity index is 2.61. The third-order valence-electron chi connectivity index (χ3n) is 3.31. The average molecular weight is 395 g/mol. The summed E-state index contributed by atoms with van der Waals surface area (Å²) in [5, 5.41) is 10.8. The molecule has 0 aromatic heterocycles. The van der Waals surface area contributed by atoms with Crippen LogP contribution in [0.2, 0.25) is 5.02 Å². The van der Waals surface area contributed by atoms with Gasteiger partial charge in [-0.15, -0.1) is 0 Å². The number of hydrogen-bond donors (Lipinski definition) is 0. The van der Waals surface area contributed by atoms with Gasteiger partial charge < -0.3 is 0 Å². The van der Waals surface area contributed by atoms with Gasteiger partial charge in [0, 0.05) is 13.1 Å². The first kappa shape index (κ1) is 19.0. The van der Waals surface area contributed by atoms with Gasteiger partial charge in [0.15, 0.2) is 4.90 Å². The van der Waals surface area contributed by atoms with E-state index in [9.17, 15) is 31.7 Å². The fraction of sp³-hybridized carbons (Fsp3) is 0.143. The minimum Gasteiger partial charge on any atom is -0.268 e. The molecule has 11 heteroatoms. The Kier molecular flexibility index (Phi) is 4.96. The second kappa shape index (κ2) is 6.52. The zero-order valence-corrected chi connectivity index (χ0v) is 14.1. The van der Waals surface area contributed by atoms with Crippen molar-refractivity contribution in [3.8, 4) is 0 Å². The van der Waals surface area contributed by atoms with Crippen LogP contribution >= 0.6 is 11.6 Å². The number of nitro benzene ring substituents is 1. The molecule has 0 saturated carbocycles. The predicted octanol–water partition coefficient (Wildman–Crippen LogP) is 4.09. The van der Waals surface area contributed by atoms with Crippen LogP contribution in [0.25, 0.3) is 0 Å². The van der Waals surface area contributed by atoms with Crippen molar-refractivity contribution in [2.45, 2.75) is 11.1 Å². The summed E-state index contributed by atoms with van der Waals surface area (Å²) in [6.07, 6.45) is -4.71. The molecule has 0 bridgehead atoms. The standard InChI is InChI=1S/C14H10ClF3N2O4S/c1-19(12-8-9(14(16,17)18)6-7-10(12)15)25(23,24)13-5-3-2-4-11(13)20(21)22/h2-8H,1H3. The molecule has 0 aliphatic carbocycles. The monoisotopic (exact) mass is 394 g/mol. The zero-order chi connectivity index (χ0) is 19.0. The second-order valence-corrected chi connectivity index (χ2v) is 7.21. The van der Waals surface area contributed by atoms with Crippen molar-refractivity contribution in [1.29, 1.82) is 0 Å². The van der Waals surface area contributed by atoms with Crippen LogP contribution in [0, 0.1) is 10.1 Å². The highest BCUT2D eigenvalue weighted by Crippen LogP contribution is 2.37. The minimum absolute atomic E-state index is 0.252. The van der Waals surface area contributed by atoms with Crippen molar-refractivity contribution in [3.05, 3.63) is 63.2 Å². The van der Waals surface area contributed by atoms with Crippen molar-refractivity contribution in [2.24, 2.45) is 0 Å². The lowest BCUT2D eigenvalue weighted by molar-refractivity contribution is -0.387. The molecule has 134 valence electrons. The van der Waals surface area contributed by atoms with Gasteiger partial charge in [0.25, 0.3) is 15.7 Å². The first-order valence-corrected chi connectivity index (χ1v) is 8.37. The maximum absolute atomic E-state index is 12.9. The van der Waals surface area contributed by atoms with E-state index in [2.05, 4.69) is 0 Å². The fourth-order valence-electron chi connectivity index (χ4n) is 2.03. The summed E-state index contributed by atoms with van der Waals surface area (Å²) in [4.78, 5) is 9.48. The van der Waals surface area contributed by atoms with E-state index in [0.29, 0.717) is 16.4 Å². The van der Waals surface area contributed by atoms with Crippen LogP contribution in [0.4, 0.5) is 24.5 Å². The molecular weight excluding hydrogens is 385 g/mol. The Morgan fingerprint density at radius 2 is 1.76 bits per heavy atom. The predicted molar refractivity (Wildman–Crippen MR) is 85.1 cm³/mol. The maximum atomic E-state index is 12.9. The lowest BCUT2D eigenvalue weighted by Crippen LogP contribution is -2.27. The van der Waals surface area contributed by atoms with Crippen molar-refractivity contribution >= 4 is 33.0 Å². The van der Waals surface area contributed by atoms with Crippen LogP contribution in [0.15, 0.2) is 47.4 Å². The van der Waals surface area contributed by atoms with Gasteiger partial charge >= 0.3 is 6.18 Å². The highest BCUT2D eigenvalue weighted by atomic mass is 35.5. The van der Waals surface area contributed by atoms with Crippen LogP contribution in [0.1, 0.15) is 5.56 Å². The van der Waals surface area contributed by atoms with Crippen molar-refractivity contribution in [1.82, 2.24) is 0 Å². The van der Waals surface area contributed by atoms with Crippen LogP contribution in [0.3, 0.4) is 0 Å². The smallest absolute Gasteiger partial charge is 0.268 e. The van der Waals surface area contributed by atoms with Gasteiger partial charge in [0.1, 0.15) is 0 Å². The van der Waals surface area contributed by atoms with Gasteiger partial charge in [0.05, 0.1) is 21.2 Å². The van der Waals surface area contributed by atoms with Crippen molar-refractivity contribution in [3.63, 3.8) is 0 Å². The second-order valence-electron chi connectivity index (χ2n) is 4.86. The molecule has 0 heterocycles. The molecule has 0 fully saturated rings. The lowest BCUT2D eigenvalue weighted by atomic mass is 10.2. The molecule has 6 nitrogen and oxygen atoms in total. The largest absolute Gasteiger partial charge is 0.416 e. The summed E-state index contributed by atoms with van der Waals surface area (Å²) in [5.41, 5.74) is -2.25. The summed E-state index contributed by atoms with van der Waals surface area (Å²) in [6, 6.07) is 6.69. The number of rotatable bonds is 4. The van der Waals surface area contributed by atoms with E-state index >= 15 is 0 Å². The summed E-state index contributed by atoms with van der Waals surface area (Å²) in [5.74, 6) is 0. The fourth-order valence-corrected chi connectivity index (χ4v) is 3.69. The zero-order valence-electron chi connectivity index (χ0n) is 12.5. The molecule has 2 rings (SSSR count). The summed E-state index contributed by atoms with van der Waals surface area (Å²) in [6.45, 7) is 0. The van der Waals surface area contributed by atoms with Gasteiger partial charge in [-0.3, -0.25) is 14.4 Å². The van der Waals surface area contributed by atoms with Crippen LogP contribution in [-0.4, -0.2) is 20.4 Å². The van der Waals surface area contributed by atoms with Crippen molar-refractivity contribution in [2.75, 3.05) is 11.4 Å². The van der Waals surface area contributed by atoms with Crippen molar-refractivity contribution < 1.29 is 26.5 Å². The number of anilines is 1. The van der Waals surface area contributed by atoms with E-state index in [1.807, 2.05) is 0 Å². The number of alkyl halides is 3. The molecule has 0 radical (unpaired) electrons. The van der Waals surface area contributed by atoms with E-state index < -0.39 is 43.0 Å². The van der Waals surface area contributed by atoms with Crippen LogP contribution in [-0.2, 0) is 16.2 Å². The third-order valence-corrected chi connectivity index (χ3v) is 5.45. The third kappa shape index (κ3) is 3.69. The Morgan fingerprint density at radius 3 is 2.32 bits per heavy atom. The Hall–Kier alpha value is -2.33. The SMILES string of the molecule is CN(c1cc(C(F)(F)F)ccc1Cl)S(=O)(=O)c1ccccc1[N+](=O)[O-]. The molecular formula is C14H10ClF3N2O4S. The molecule has 0 unspecified atom stereocenters. The van der Waals surface area contributed by atoms with Gasteiger partial charge in [-0.1, -0.05) is 23.7 Å². The van der Waals surface area contributed by atoms with Gasteiger partial charge in [-0.05, 0) is 24.3 Å². The number of halogens is 4. The number of hydrogen-bond acceptors (Lipinski definition) is 4. The molecule has 0 spiro atoms. The molecule has 25 heavy (non-hydrogen) atoms. The van der Waals surface area contributed by atoms with Crippen LogP contribution in [0.5, 0.6) is 0 Å². The number of benzene rings is 2. The molecule has 0 saturated heterocycles. The highest BCUT2D eigenvalue weighted by Gasteiger charge is 2.34. The topological polar surface area (TPSA) is 80.5 Å². The highest BCUT2D eigenvalue weighted by molar-refractivity contribution is 7.93. The summed E-state index contributed by atoms with van der Waals surface area (Å²) in [7, 11) is -3.55. The summed E-state index contributed by atoms with van der Waals surface area (Å²) < 4.78 is 64.3. The van der Waals surface area contributed by atoms with E-state index in [0.717, 1.165) is 25.2 Å². The average Bonchev–Trinajstić information content (AvgIpc) is 2.53. The van der Waals surface area contributed by atoms with E-state index in [4.69, 9.17) is 11.6 Å². The maximum Gasteiger partial charge on any atom is 0.416 e. The molecule has 0 atom stereocenters. The minimum atomic E-state index is -4.71. The Morgan fingerprint density at radius 1 is 1.16 bits per heavy atom. The first-order chi connectivity index (χ1) is 11.5. The molecule has 0 aliphatic heterocycles. The van der Waals surface area contributed by atoms with Gasteiger partial charge in [-0.2, -0.15) is 13.2 Å². The van der Waals surface area contributed by atoms with E-state index in [1.165, 1.54) is 12.1 Å². The van der Waals surface area contributed by atoms with Crippen LogP contribution < -0.4 is 4.31 Å². The summed E-state index contributed by atoms with van der Waals surface area (Å²) >= 11 is 5.83. The Bertz CT molecular complexity index is 932. The molecule has 0 aliphatic rings. The number of nitro groups is 1. The lowest BCUT2D eigenvalue weighted by Gasteiger charge is -2.21.